The molecule has 3 aromatic heterocycles. The SMILES string of the molecule is Cl.O=c1ccc2ncc(=O)n3c2n1C[C@H]3CN1C=CC(NCc2ccc(C(F)(F)F)nc2)=CC1. The van der Waals surface area contributed by atoms with Gasteiger partial charge in [0.25, 0.3) is 11.1 Å². The molecule has 1 N–H and O–H groups in total. The molecule has 0 radical (unpaired) electrons. The van der Waals surface area contributed by atoms with Crippen LogP contribution in [0.2, 0.25) is 0 Å². The fourth-order valence-electron chi connectivity index (χ4n) is 4.13. The Balaban J connectivity index is 0.00000274. The topological polar surface area (TPSA) is 85.0 Å². The average molecular weight is 493 g/mol. The first-order chi connectivity index (χ1) is 15.8. The van der Waals surface area contributed by atoms with Gasteiger partial charge in [-0.25, -0.2) is 4.98 Å². The minimum absolute atomic E-state index is 0. The molecule has 0 saturated heterocycles. The van der Waals surface area contributed by atoms with Gasteiger partial charge in [0.2, 0.25) is 0 Å². The predicted molar refractivity (Wildman–Crippen MR) is 121 cm³/mol. The van der Waals surface area contributed by atoms with E-state index in [1.165, 1.54) is 24.5 Å². The van der Waals surface area contributed by atoms with E-state index >= 15 is 0 Å². The molecule has 5 heterocycles. The monoisotopic (exact) mass is 492 g/mol. The third kappa shape index (κ3) is 4.43. The van der Waals surface area contributed by atoms with Crippen LogP contribution in [0.15, 0.2) is 70.3 Å². The van der Waals surface area contributed by atoms with E-state index in [0.717, 1.165) is 11.8 Å². The standard InChI is InChI=1S/C22H19F3N6O2.ClH/c23-22(24,25)18-3-1-14(10-28-18)9-26-15-5-7-29(8-6-15)12-16-13-30-19(32)4-2-17-21(30)31(16)20(33)11-27-17;/h1-7,10-11,16,26H,8-9,12-13H2;1H/t16-;/m1./s1. The second-order valence-corrected chi connectivity index (χ2v) is 7.94. The summed E-state index contributed by atoms with van der Waals surface area (Å²) in [5.74, 6) is 0. The van der Waals surface area contributed by atoms with Crippen LogP contribution in [-0.4, -0.2) is 37.1 Å². The number of nitrogens with zero attached hydrogens (tertiary/aromatic N) is 5. The van der Waals surface area contributed by atoms with Crippen LogP contribution in [0.25, 0.3) is 11.2 Å². The smallest absolute Gasteiger partial charge is 0.381 e. The maximum Gasteiger partial charge on any atom is 0.433 e. The van der Waals surface area contributed by atoms with Gasteiger partial charge in [-0.1, -0.05) is 6.07 Å². The molecule has 2 aliphatic heterocycles. The highest BCUT2D eigenvalue weighted by Gasteiger charge is 2.32. The molecule has 1 atom stereocenters. The lowest BCUT2D eigenvalue weighted by Gasteiger charge is -2.26. The Morgan fingerprint density at radius 1 is 1.06 bits per heavy atom. The summed E-state index contributed by atoms with van der Waals surface area (Å²) in [6, 6.07) is 5.24. The van der Waals surface area contributed by atoms with Gasteiger partial charge in [0.05, 0.1) is 18.8 Å². The van der Waals surface area contributed by atoms with Crippen molar-refractivity contribution in [2.24, 2.45) is 0 Å². The normalized spacial score (nSPS) is 17.0. The van der Waals surface area contributed by atoms with Gasteiger partial charge in [0.15, 0.2) is 0 Å². The van der Waals surface area contributed by atoms with Gasteiger partial charge in [0, 0.05) is 43.8 Å². The molecular formula is C22H20ClF3N6O2. The van der Waals surface area contributed by atoms with E-state index in [1.54, 1.807) is 15.2 Å². The second kappa shape index (κ2) is 8.98. The van der Waals surface area contributed by atoms with Gasteiger partial charge >= 0.3 is 6.18 Å². The van der Waals surface area contributed by atoms with Crippen molar-refractivity contribution < 1.29 is 13.2 Å². The lowest BCUT2D eigenvalue weighted by atomic mass is 10.2. The van der Waals surface area contributed by atoms with E-state index in [-0.39, 0.29) is 29.6 Å². The Morgan fingerprint density at radius 2 is 1.88 bits per heavy atom. The number of alkyl halides is 3. The molecule has 5 rings (SSSR count). The number of aromatic nitrogens is 4. The van der Waals surface area contributed by atoms with Gasteiger partial charge in [-0.3, -0.25) is 23.7 Å². The molecule has 3 aromatic rings. The summed E-state index contributed by atoms with van der Waals surface area (Å²) < 4.78 is 41.1. The third-order valence-electron chi connectivity index (χ3n) is 5.74. The Morgan fingerprint density at radius 3 is 2.56 bits per heavy atom. The lowest BCUT2D eigenvalue weighted by Crippen LogP contribution is -2.33. The summed E-state index contributed by atoms with van der Waals surface area (Å²) in [6.07, 6.45) is 3.74. The first-order valence-electron chi connectivity index (χ1n) is 10.3. The average Bonchev–Trinajstić information content (AvgIpc) is 3.18. The molecule has 0 aliphatic carbocycles. The van der Waals surface area contributed by atoms with Crippen LogP contribution in [0.1, 0.15) is 17.3 Å². The first-order valence-corrected chi connectivity index (χ1v) is 10.3. The van der Waals surface area contributed by atoms with E-state index in [9.17, 15) is 22.8 Å². The number of nitrogens with one attached hydrogen (secondary N) is 1. The Bertz CT molecular complexity index is 1390. The molecule has 178 valence electrons. The van der Waals surface area contributed by atoms with Crippen LogP contribution in [0, 0.1) is 0 Å². The van der Waals surface area contributed by atoms with Crippen LogP contribution in [0.5, 0.6) is 0 Å². The number of halogens is 4. The number of hydrogen-bond acceptors (Lipinski definition) is 6. The zero-order valence-corrected chi connectivity index (χ0v) is 18.5. The van der Waals surface area contributed by atoms with E-state index in [1.807, 2.05) is 23.3 Å². The number of pyridine rings is 2. The quantitative estimate of drug-likeness (QED) is 0.589. The Kier molecular flexibility index (Phi) is 6.22. The lowest BCUT2D eigenvalue weighted by molar-refractivity contribution is -0.141. The maximum atomic E-state index is 12.6. The van der Waals surface area contributed by atoms with Crippen molar-refractivity contribution in [1.82, 2.24) is 29.3 Å². The number of rotatable bonds is 5. The molecule has 0 fully saturated rings. The number of hydrogen-bond donors (Lipinski definition) is 1. The van der Waals surface area contributed by atoms with Gasteiger partial charge < -0.3 is 10.2 Å². The molecule has 0 bridgehead atoms. The second-order valence-electron chi connectivity index (χ2n) is 7.94. The van der Waals surface area contributed by atoms with Crippen molar-refractivity contribution in [3.8, 4) is 0 Å². The highest BCUT2D eigenvalue weighted by molar-refractivity contribution is 5.85. The summed E-state index contributed by atoms with van der Waals surface area (Å²) in [5.41, 5.74) is 1.30. The van der Waals surface area contributed by atoms with E-state index in [2.05, 4.69) is 15.3 Å². The third-order valence-corrected chi connectivity index (χ3v) is 5.74. The van der Waals surface area contributed by atoms with Gasteiger partial charge in [-0.2, -0.15) is 13.2 Å². The van der Waals surface area contributed by atoms with Crippen LogP contribution in [-0.2, 0) is 19.3 Å². The van der Waals surface area contributed by atoms with Crippen molar-refractivity contribution in [3.05, 3.63) is 92.7 Å². The minimum Gasteiger partial charge on any atom is -0.381 e. The fraction of sp³-hybridized carbons (Fsp3) is 0.273. The molecular weight excluding hydrogens is 473 g/mol. The van der Waals surface area contributed by atoms with Crippen molar-refractivity contribution in [2.45, 2.75) is 25.3 Å². The summed E-state index contributed by atoms with van der Waals surface area (Å²) >= 11 is 0. The summed E-state index contributed by atoms with van der Waals surface area (Å²) in [5, 5.41) is 3.17. The summed E-state index contributed by atoms with van der Waals surface area (Å²) in [6.45, 7) is 1.85. The highest BCUT2D eigenvalue weighted by Crippen LogP contribution is 2.27. The Labute approximate surface area is 197 Å². The summed E-state index contributed by atoms with van der Waals surface area (Å²) in [7, 11) is 0. The number of allylic oxidation sites excluding steroid dienone is 1. The molecule has 0 spiro atoms. The largest absolute Gasteiger partial charge is 0.433 e. The van der Waals surface area contributed by atoms with Crippen molar-refractivity contribution in [1.29, 1.82) is 0 Å². The molecule has 0 aromatic carbocycles. The van der Waals surface area contributed by atoms with Gasteiger partial charge in [0.1, 0.15) is 16.9 Å². The first kappa shape index (κ1) is 23.6. The molecule has 34 heavy (non-hydrogen) atoms. The van der Waals surface area contributed by atoms with E-state index < -0.39 is 11.9 Å². The van der Waals surface area contributed by atoms with Crippen LogP contribution in [0.3, 0.4) is 0 Å². The van der Waals surface area contributed by atoms with Crippen LogP contribution >= 0.6 is 12.4 Å². The molecule has 0 saturated carbocycles. The van der Waals surface area contributed by atoms with Crippen molar-refractivity contribution in [3.63, 3.8) is 0 Å². The van der Waals surface area contributed by atoms with E-state index in [0.29, 0.717) is 42.9 Å². The van der Waals surface area contributed by atoms with Crippen LogP contribution < -0.4 is 16.4 Å². The van der Waals surface area contributed by atoms with Crippen molar-refractivity contribution >= 4 is 23.6 Å². The zero-order chi connectivity index (χ0) is 23.2. The fourth-order valence-corrected chi connectivity index (χ4v) is 4.13. The minimum atomic E-state index is -4.45. The Hall–Kier alpha value is -3.60. The maximum absolute atomic E-state index is 12.6. The van der Waals surface area contributed by atoms with E-state index in [4.69, 9.17) is 0 Å². The highest BCUT2D eigenvalue weighted by atomic mass is 35.5. The molecule has 8 nitrogen and oxygen atoms in total. The molecule has 12 heteroatoms. The molecule has 2 aliphatic rings. The predicted octanol–water partition coefficient (Wildman–Crippen LogP) is 2.45. The van der Waals surface area contributed by atoms with Gasteiger partial charge in [-0.05, 0) is 29.8 Å². The van der Waals surface area contributed by atoms with Gasteiger partial charge in [-0.15, -0.1) is 12.4 Å². The molecule has 0 unspecified atom stereocenters. The van der Waals surface area contributed by atoms with Crippen LogP contribution in [0.4, 0.5) is 13.2 Å². The molecule has 0 amide bonds. The van der Waals surface area contributed by atoms with Crippen molar-refractivity contribution in [2.75, 3.05) is 13.1 Å². The summed E-state index contributed by atoms with van der Waals surface area (Å²) in [4.78, 5) is 34.4. The zero-order valence-electron chi connectivity index (χ0n) is 17.7.